The third-order valence-electron chi connectivity index (χ3n) is 2.43. The molecule has 0 fully saturated rings. The molecule has 0 aliphatic rings. The molecule has 0 saturated carbocycles. The molecule has 1 heterocycles. The molecule has 0 radical (unpaired) electrons. The quantitative estimate of drug-likeness (QED) is 0.517. The number of benzene rings is 1. The number of hydrogen-bond acceptors (Lipinski definition) is 5. The third kappa shape index (κ3) is 2.97. The van der Waals surface area contributed by atoms with Crippen LogP contribution in [0, 0.1) is 15.9 Å². The second-order valence-corrected chi connectivity index (χ2v) is 4.75. The van der Waals surface area contributed by atoms with E-state index in [-0.39, 0.29) is 4.90 Å². The van der Waals surface area contributed by atoms with Gasteiger partial charge in [-0.3, -0.25) is 10.1 Å². The van der Waals surface area contributed by atoms with Crippen molar-refractivity contribution in [2.75, 3.05) is 0 Å². The lowest BCUT2D eigenvalue weighted by Gasteiger charge is -2.04. The van der Waals surface area contributed by atoms with E-state index in [4.69, 9.17) is 9.52 Å². The number of halogens is 1. The Morgan fingerprint density at radius 3 is 2.80 bits per heavy atom. The lowest BCUT2D eigenvalue weighted by molar-refractivity contribution is -0.385. The summed E-state index contributed by atoms with van der Waals surface area (Å²) in [6.07, 6.45) is 1.46. The van der Waals surface area contributed by atoms with Crippen molar-refractivity contribution in [1.82, 2.24) is 0 Å². The molecule has 104 valence electrons. The van der Waals surface area contributed by atoms with E-state index in [1.165, 1.54) is 6.26 Å². The Bertz CT molecular complexity index is 656. The van der Waals surface area contributed by atoms with Crippen molar-refractivity contribution in [3.63, 3.8) is 0 Å². The number of nitrogens with zero attached hydrogens (tertiary/aromatic N) is 1. The summed E-state index contributed by atoms with van der Waals surface area (Å²) in [5.41, 5.74) is -1.31. The fourth-order valence-corrected chi connectivity index (χ4v) is 2.38. The smallest absolute Gasteiger partial charge is 0.342 e. The van der Waals surface area contributed by atoms with Gasteiger partial charge in [0.25, 0.3) is 5.69 Å². The lowest BCUT2D eigenvalue weighted by Crippen LogP contribution is -2.04. The molecule has 0 aliphatic heterocycles. The number of nitro benzene ring substituents is 1. The molecular formula is C12H8FNO5S. The van der Waals surface area contributed by atoms with E-state index in [1.807, 2.05) is 0 Å². The average molecular weight is 297 g/mol. The average Bonchev–Trinajstić information content (AvgIpc) is 2.89. The minimum atomic E-state index is -1.48. The Labute approximate surface area is 116 Å². The molecule has 1 aromatic heterocycles. The van der Waals surface area contributed by atoms with Crippen LogP contribution in [0.3, 0.4) is 0 Å². The largest absolute Gasteiger partial charge is 0.477 e. The summed E-state index contributed by atoms with van der Waals surface area (Å²) < 4.78 is 18.8. The molecule has 6 nitrogen and oxygen atoms in total. The number of aromatic carboxylic acids is 1. The van der Waals surface area contributed by atoms with Gasteiger partial charge in [0.15, 0.2) is 0 Å². The summed E-state index contributed by atoms with van der Waals surface area (Å²) in [4.78, 5) is 20.8. The van der Waals surface area contributed by atoms with Gasteiger partial charge in [-0.25, -0.2) is 9.18 Å². The van der Waals surface area contributed by atoms with Crippen molar-refractivity contribution in [3.8, 4) is 0 Å². The van der Waals surface area contributed by atoms with Gasteiger partial charge in [-0.05, 0) is 18.2 Å². The highest BCUT2D eigenvalue weighted by Crippen LogP contribution is 2.31. The summed E-state index contributed by atoms with van der Waals surface area (Å²) in [5, 5.41) is 19.6. The molecule has 0 amide bonds. The van der Waals surface area contributed by atoms with Crippen molar-refractivity contribution in [2.45, 2.75) is 10.6 Å². The number of nitro groups is 1. The van der Waals surface area contributed by atoms with Crippen molar-refractivity contribution in [1.29, 1.82) is 0 Å². The zero-order chi connectivity index (χ0) is 14.7. The maximum atomic E-state index is 13.7. The zero-order valence-electron chi connectivity index (χ0n) is 9.91. The van der Waals surface area contributed by atoms with E-state index >= 15 is 0 Å². The SMILES string of the molecule is O=C(O)c1cc(SCc2ccco2)c(F)cc1[N+](=O)[O-]. The Kier molecular flexibility index (Phi) is 4.04. The first-order valence-electron chi connectivity index (χ1n) is 5.35. The minimum absolute atomic E-state index is 0.0180. The molecule has 0 atom stereocenters. The fourth-order valence-electron chi connectivity index (χ4n) is 1.52. The van der Waals surface area contributed by atoms with Crippen LogP contribution < -0.4 is 0 Å². The summed E-state index contributed by atoms with van der Waals surface area (Å²) in [5.74, 6) is -1.43. The summed E-state index contributed by atoms with van der Waals surface area (Å²) in [6.45, 7) is 0. The summed E-state index contributed by atoms with van der Waals surface area (Å²) in [6, 6.07) is 4.94. The van der Waals surface area contributed by atoms with Gasteiger partial charge >= 0.3 is 5.97 Å². The predicted octanol–water partition coefficient (Wildman–Crippen LogP) is 3.32. The van der Waals surface area contributed by atoms with Gasteiger partial charge in [0, 0.05) is 4.90 Å². The molecule has 20 heavy (non-hydrogen) atoms. The van der Waals surface area contributed by atoms with Crippen LogP contribution in [0.4, 0.5) is 10.1 Å². The van der Waals surface area contributed by atoms with Gasteiger partial charge < -0.3 is 9.52 Å². The highest BCUT2D eigenvalue weighted by Gasteiger charge is 2.23. The molecule has 2 aromatic rings. The maximum absolute atomic E-state index is 13.7. The Balaban J connectivity index is 2.31. The molecule has 0 aliphatic carbocycles. The first kappa shape index (κ1) is 14.1. The molecule has 2 rings (SSSR count). The molecule has 1 N–H and O–H groups in total. The topological polar surface area (TPSA) is 93.6 Å². The highest BCUT2D eigenvalue weighted by molar-refractivity contribution is 7.98. The zero-order valence-corrected chi connectivity index (χ0v) is 10.7. The van der Waals surface area contributed by atoms with Crippen molar-refractivity contribution < 1.29 is 23.6 Å². The number of furan rings is 1. The monoisotopic (exact) mass is 297 g/mol. The number of hydrogen-bond donors (Lipinski definition) is 1. The molecule has 1 aromatic carbocycles. The number of carbonyl (C=O) groups is 1. The van der Waals surface area contributed by atoms with Gasteiger partial charge in [0.1, 0.15) is 17.1 Å². The molecule has 8 heteroatoms. The second kappa shape index (κ2) is 5.74. The highest BCUT2D eigenvalue weighted by atomic mass is 32.2. The van der Waals surface area contributed by atoms with E-state index < -0.39 is 28.0 Å². The van der Waals surface area contributed by atoms with Crippen molar-refractivity contribution >= 4 is 23.4 Å². The van der Waals surface area contributed by atoms with Crippen LogP contribution >= 0.6 is 11.8 Å². The Morgan fingerprint density at radius 2 is 2.25 bits per heavy atom. The summed E-state index contributed by atoms with van der Waals surface area (Å²) >= 11 is 1.00. The first-order chi connectivity index (χ1) is 9.49. The summed E-state index contributed by atoms with van der Waals surface area (Å²) in [7, 11) is 0. The van der Waals surface area contributed by atoms with Gasteiger partial charge in [0.2, 0.25) is 0 Å². The van der Waals surface area contributed by atoms with Gasteiger partial charge in [-0.2, -0.15) is 0 Å². The van der Waals surface area contributed by atoms with Crippen molar-refractivity contribution in [2.24, 2.45) is 0 Å². The Hall–Kier alpha value is -2.35. The van der Waals surface area contributed by atoms with Crippen LogP contribution in [-0.2, 0) is 5.75 Å². The molecule has 0 saturated heterocycles. The number of carboxylic acid groups (broad SMARTS) is 1. The van der Waals surface area contributed by atoms with E-state index in [9.17, 15) is 19.3 Å². The van der Waals surface area contributed by atoms with Crippen molar-refractivity contribution in [3.05, 3.63) is 57.8 Å². The number of carboxylic acids is 1. The van der Waals surface area contributed by atoms with Crippen LogP contribution in [0.15, 0.2) is 39.8 Å². The Morgan fingerprint density at radius 1 is 1.50 bits per heavy atom. The number of rotatable bonds is 5. The second-order valence-electron chi connectivity index (χ2n) is 3.73. The molecular weight excluding hydrogens is 289 g/mol. The normalized spacial score (nSPS) is 10.4. The number of thioether (sulfide) groups is 1. The van der Waals surface area contributed by atoms with Crippen LogP contribution in [0.2, 0.25) is 0 Å². The maximum Gasteiger partial charge on any atom is 0.342 e. The van der Waals surface area contributed by atoms with Crippen LogP contribution in [-0.4, -0.2) is 16.0 Å². The van der Waals surface area contributed by atoms with E-state index in [2.05, 4.69) is 0 Å². The van der Waals surface area contributed by atoms with E-state index in [0.29, 0.717) is 17.6 Å². The lowest BCUT2D eigenvalue weighted by atomic mass is 10.2. The van der Waals surface area contributed by atoms with Crippen LogP contribution in [0.5, 0.6) is 0 Å². The molecule has 0 bridgehead atoms. The van der Waals surface area contributed by atoms with Gasteiger partial charge in [-0.15, -0.1) is 11.8 Å². The third-order valence-corrected chi connectivity index (χ3v) is 3.48. The van der Waals surface area contributed by atoms with E-state index in [0.717, 1.165) is 17.8 Å². The standard InChI is InChI=1S/C12H8FNO5S/c13-9-5-10(14(17)18)8(12(15)16)4-11(9)20-6-7-2-1-3-19-7/h1-5H,6H2,(H,15,16). The van der Waals surface area contributed by atoms with E-state index in [1.54, 1.807) is 12.1 Å². The molecule has 0 spiro atoms. The van der Waals surface area contributed by atoms with Crippen LogP contribution in [0.1, 0.15) is 16.1 Å². The fraction of sp³-hybridized carbons (Fsp3) is 0.0833. The first-order valence-corrected chi connectivity index (χ1v) is 6.34. The molecule has 0 unspecified atom stereocenters. The van der Waals surface area contributed by atoms with Gasteiger partial charge in [0.05, 0.1) is 23.0 Å². The predicted molar refractivity (Wildman–Crippen MR) is 68.3 cm³/mol. The minimum Gasteiger partial charge on any atom is -0.477 e. The van der Waals surface area contributed by atoms with Gasteiger partial charge in [-0.1, -0.05) is 0 Å². The van der Waals surface area contributed by atoms with Crippen LogP contribution in [0.25, 0.3) is 0 Å².